The van der Waals surface area contributed by atoms with Crippen LogP contribution in [0.3, 0.4) is 0 Å². The maximum atomic E-state index is 14.2. The average molecular weight is 493 g/mol. The van der Waals surface area contributed by atoms with Gasteiger partial charge in [-0.2, -0.15) is 4.72 Å². The van der Waals surface area contributed by atoms with Crippen LogP contribution < -0.4 is 10.0 Å². The second-order valence-electron chi connectivity index (χ2n) is 8.09. The van der Waals surface area contributed by atoms with E-state index in [1.807, 2.05) is 48.0 Å². The summed E-state index contributed by atoms with van der Waals surface area (Å²) in [5, 5.41) is 2.88. The van der Waals surface area contributed by atoms with Crippen molar-refractivity contribution < 1.29 is 17.6 Å². The molecule has 2 atom stereocenters. The fourth-order valence-electron chi connectivity index (χ4n) is 3.70. The molecule has 0 aliphatic rings. The van der Waals surface area contributed by atoms with Crippen LogP contribution in [0.4, 0.5) is 4.39 Å². The monoisotopic (exact) mass is 492 g/mol. The average Bonchev–Trinajstić information content (AvgIpc) is 3.39. The summed E-state index contributed by atoms with van der Waals surface area (Å²) >= 11 is 0. The first-order valence-corrected chi connectivity index (χ1v) is 12.5. The van der Waals surface area contributed by atoms with Gasteiger partial charge in [0.2, 0.25) is 15.9 Å². The van der Waals surface area contributed by atoms with Crippen LogP contribution >= 0.6 is 0 Å². The zero-order valence-electron chi connectivity index (χ0n) is 19.0. The Labute approximate surface area is 203 Å². The molecule has 4 aromatic rings. The largest absolute Gasteiger partial charge is 0.348 e. The number of nitrogens with one attached hydrogen (secondary N) is 2. The summed E-state index contributed by atoms with van der Waals surface area (Å²) < 4.78 is 44.3. The molecule has 9 heteroatoms. The summed E-state index contributed by atoms with van der Waals surface area (Å²) in [7, 11) is -4.28. The van der Waals surface area contributed by atoms with Crippen molar-refractivity contribution in [1.29, 1.82) is 0 Å². The number of amides is 1. The molecule has 0 aliphatic carbocycles. The molecule has 1 aromatic heterocycles. The van der Waals surface area contributed by atoms with E-state index in [0.717, 1.165) is 22.9 Å². The summed E-state index contributed by atoms with van der Waals surface area (Å²) in [6.45, 7) is 1.81. The van der Waals surface area contributed by atoms with Crippen molar-refractivity contribution in [2.45, 2.75) is 30.3 Å². The van der Waals surface area contributed by atoms with E-state index < -0.39 is 38.7 Å². The maximum absolute atomic E-state index is 14.2. The van der Waals surface area contributed by atoms with E-state index >= 15 is 0 Å². The molecule has 1 amide bonds. The molecule has 0 fully saturated rings. The summed E-state index contributed by atoms with van der Waals surface area (Å²) in [5.74, 6) is -1.40. The van der Waals surface area contributed by atoms with E-state index in [1.165, 1.54) is 18.2 Å². The Morgan fingerprint density at radius 3 is 2.34 bits per heavy atom. The van der Waals surface area contributed by atoms with Crippen LogP contribution in [0.5, 0.6) is 0 Å². The van der Waals surface area contributed by atoms with Crippen LogP contribution in [0.1, 0.15) is 24.1 Å². The third kappa shape index (κ3) is 6.00. The van der Waals surface area contributed by atoms with Crippen molar-refractivity contribution >= 4 is 15.9 Å². The van der Waals surface area contributed by atoms with Gasteiger partial charge in [0.25, 0.3) is 0 Å². The number of carbonyl (C=O) groups is 1. The quantitative estimate of drug-likeness (QED) is 0.372. The smallest absolute Gasteiger partial charge is 0.244 e. The van der Waals surface area contributed by atoms with Gasteiger partial charge in [-0.05, 0) is 48.7 Å². The molecule has 0 spiro atoms. The molecule has 0 aliphatic heterocycles. The van der Waals surface area contributed by atoms with Gasteiger partial charge in [-0.25, -0.2) is 17.8 Å². The van der Waals surface area contributed by atoms with Gasteiger partial charge in [-0.3, -0.25) is 4.79 Å². The lowest BCUT2D eigenvalue weighted by atomic mass is 10.0. The number of halogens is 1. The Bertz CT molecular complexity index is 1380. The van der Waals surface area contributed by atoms with E-state index in [9.17, 15) is 17.6 Å². The number of hydrogen-bond donors (Lipinski definition) is 2. The van der Waals surface area contributed by atoms with Crippen molar-refractivity contribution in [2.24, 2.45) is 0 Å². The maximum Gasteiger partial charge on any atom is 0.244 e. The molecular formula is C26H25FN4O3S. The number of imidazole rings is 1. The molecule has 7 nitrogen and oxygen atoms in total. The number of benzene rings is 3. The zero-order chi connectivity index (χ0) is 24.8. The first kappa shape index (κ1) is 24.3. The molecule has 0 saturated heterocycles. The molecule has 180 valence electrons. The molecule has 0 radical (unpaired) electrons. The first-order chi connectivity index (χ1) is 16.8. The minimum atomic E-state index is -4.28. The van der Waals surface area contributed by atoms with Gasteiger partial charge in [-0.15, -0.1) is 0 Å². The van der Waals surface area contributed by atoms with Gasteiger partial charge in [0.15, 0.2) is 0 Å². The lowest BCUT2D eigenvalue weighted by Crippen LogP contribution is -2.48. The number of sulfonamides is 1. The van der Waals surface area contributed by atoms with Gasteiger partial charge < -0.3 is 9.88 Å². The summed E-state index contributed by atoms with van der Waals surface area (Å²) in [6, 6.07) is 20.2. The van der Waals surface area contributed by atoms with E-state index in [0.29, 0.717) is 0 Å². The molecule has 0 unspecified atom stereocenters. The van der Waals surface area contributed by atoms with Crippen LogP contribution in [-0.4, -0.2) is 29.9 Å². The third-order valence-electron chi connectivity index (χ3n) is 5.58. The Kier molecular flexibility index (Phi) is 7.38. The summed E-state index contributed by atoms with van der Waals surface area (Å²) in [5.41, 5.74) is 2.53. The lowest BCUT2D eigenvalue weighted by molar-refractivity contribution is -0.123. The van der Waals surface area contributed by atoms with Crippen LogP contribution in [0.2, 0.25) is 0 Å². The fraction of sp³-hybridized carbons (Fsp3) is 0.154. The van der Waals surface area contributed by atoms with Crippen LogP contribution in [0.25, 0.3) is 5.69 Å². The van der Waals surface area contributed by atoms with Crippen molar-refractivity contribution in [1.82, 2.24) is 19.6 Å². The van der Waals surface area contributed by atoms with Crippen LogP contribution in [-0.2, 0) is 21.2 Å². The van der Waals surface area contributed by atoms with E-state index in [1.54, 1.807) is 36.8 Å². The fourth-order valence-corrected chi connectivity index (χ4v) is 4.97. The number of hydrogen-bond acceptors (Lipinski definition) is 4. The topological polar surface area (TPSA) is 93.1 Å². The van der Waals surface area contributed by atoms with Crippen molar-refractivity contribution in [3.63, 3.8) is 0 Å². The van der Waals surface area contributed by atoms with E-state index in [-0.39, 0.29) is 6.42 Å². The lowest BCUT2D eigenvalue weighted by Gasteiger charge is -2.22. The molecule has 35 heavy (non-hydrogen) atoms. The molecule has 1 heterocycles. The summed E-state index contributed by atoms with van der Waals surface area (Å²) in [4.78, 5) is 16.8. The zero-order valence-corrected chi connectivity index (χ0v) is 19.8. The molecule has 2 N–H and O–H groups in total. The predicted octanol–water partition coefficient (Wildman–Crippen LogP) is 3.78. The Morgan fingerprint density at radius 1 is 1.00 bits per heavy atom. The minimum absolute atomic E-state index is 0.104. The highest BCUT2D eigenvalue weighted by Crippen LogP contribution is 2.18. The molecular weight excluding hydrogens is 467 g/mol. The summed E-state index contributed by atoms with van der Waals surface area (Å²) in [6.07, 6.45) is 5.31. The second-order valence-corrected chi connectivity index (χ2v) is 9.77. The van der Waals surface area contributed by atoms with E-state index in [2.05, 4.69) is 15.0 Å². The van der Waals surface area contributed by atoms with E-state index in [4.69, 9.17) is 0 Å². The minimum Gasteiger partial charge on any atom is -0.348 e. The normalized spacial score (nSPS) is 13.2. The number of nitrogens with zero attached hydrogens (tertiary/aromatic N) is 2. The highest BCUT2D eigenvalue weighted by atomic mass is 32.2. The molecule has 3 aromatic carbocycles. The van der Waals surface area contributed by atoms with Gasteiger partial charge >= 0.3 is 0 Å². The van der Waals surface area contributed by atoms with Gasteiger partial charge in [0.05, 0.1) is 12.4 Å². The number of rotatable bonds is 9. The molecule has 4 rings (SSSR count). The Morgan fingerprint density at radius 2 is 1.69 bits per heavy atom. The van der Waals surface area contributed by atoms with Crippen molar-refractivity contribution in [3.05, 3.63) is 115 Å². The Hall–Kier alpha value is -3.82. The van der Waals surface area contributed by atoms with Crippen LogP contribution in [0, 0.1) is 5.82 Å². The first-order valence-electron chi connectivity index (χ1n) is 11.0. The third-order valence-corrected chi connectivity index (χ3v) is 7.08. The molecule has 0 saturated carbocycles. The standard InChI is InChI=1S/C26H25FN4O3S/c1-19(21-11-13-22(14-12-21)31-16-15-28-18-31)29-26(32)24(17-20-7-3-2-4-8-20)30-35(33,34)25-10-6-5-9-23(25)27/h2-16,18-19,24,30H,17H2,1H3,(H,29,32)/t19-,24+/m0/s1. The van der Waals surface area contributed by atoms with Crippen molar-refractivity contribution in [3.8, 4) is 5.69 Å². The highest BCUT2D eigenvalue weighted by molar-refractivity contribution is 7.89. The SMILES string of the molecule is C[C@H](NC(=O)[C@@H](Cc1ccccc1)NS(=O)(=O)c1ccccc1F)c1ccc(-n2ccnc2)cc1. The number of carbonyl (C=O) groups excluding carboxylic acids is 1. The van der Waals surface area contributed by atoms with Crippen LogP contribution in [0.15, 0.2) is 102 Å². The number of aromatic nitrogens is 2. The van der Waals surface area contributed by atoms with Gasteiger partial charge in [-0.1, -0.05) is 54.6 Å². The van der Waals surface area contributed by atoms with Gasteiger partial charge in [0, 0.05) is 18.1 Å². The van der Waals surface area contributed by atoms with Crippen molar-refractivity contribution in [2.75, 3.05) is 0 Å². The van der Waals surface area contributed by atoms with Gasteiger partial charge in [0.1, 0.15) is 16.8 Å². The Balaban J connectivity index is 1.53. The highest BCUT2D eigenvalue weighted by Gasteiger charge is 2.28. The second kappa shape index (κ2) is 10.6. The predicted molar refractivity (Wildman–Crippen MR) is 131 cm³/mol. The molecule has 0 bridgehead atoms.